The summed E-state index contributed by atoms with van der Waals surface area (Å²) in [7, 11) is 0. The second kappa shape index (κ2) is 17.2. The number of amides is 5. The van der Waals surface area contributed by atoms with Crippen LogP contribution in [0.3, 0.4) is 0 Å². The second-order valence-corrected chi connectivity index (χ2v) is 16.3. The lowest BCUT2D eigenvalue weighted by Gasteiger charge is -2.38. The van der Waals surface area contributed by atoms with Crippen LogP contribution in [-0.2, 0) is 28.7 Å². The first-order valence-corrected chi connectivity index (χ1v) is 19.2. The molecule has 3 saturated carbocycles. The smallest absolute Gasteiger partial charge is 0.303 e. The summed E-state index contributed by atoms with van der Waals surface area (Å²) in [6.45, 7) is 9.14. The molecular formula is C38H65N7O7. The van der Waals surface area contributed by atoms with Gasteiger partial charge in [0, 0.05) is 37.6 Å². The Morgan fingerprint density at radius 3 is 2.27 bits per heavy atom. The van der Waals surface area contributed by atoms with E-state index in [1.165, 1.54) is 25.5 Å². The number of rotatable bonds is 14. The van der Waals surface area contributed by atoms with Crippen LogP contribution in [0.15, 0.2) is 18.6 Å². The number of aromatic nitrogens is 2. The highest BCUT2D eigenvalue weighted by molar-refractivity contribution is 5.98. The molecule has 1 aromatic rings. The Hall–Kier alpha value is -4.10. The third-order valence-corrected chi connectivity index (χ3v) is 11.1. The SMILES string of the molecule is CCC[C@H](NC(=O)[C@@H]1[C@H]2CCC[C@H]2CN1C(=O)[C@@H](NC(=O)[C@@H](NC(=O)c1cnccn1)C1CCCCC1)C(C)(C)C)C(OC(C)=O)C(=O)NC1CC1.[HH].[HH].[HH].[HH]. The zero-order chi connectivity index (χ0) is 37.6. The molecule has 1 unspecified atom stereocenters. The van der Waals surface area contributed by atoms with Crippen molar-refractivity contribution in [1.29, 1.82) is 0 Å². The Labute approximate surface area is 312 Å². The Balaban J connectivity index is 0.00000392. The van der Waals surface area contributed by atoms with Gasteiger partial charge in [-0.15, -0.1) is 0 Å². The first kappa shape index (κ1) is 39.1. The van der Waals surface area contributed by atoms with Gasteiger partial charge in [-0.1, -0.05) is 59.8 Å². The van der Waals surface area contributed by atoms with Crippen molar-refractivity contribution in [3.8, 4) is 0 Å². The zero-order valence-corrected chi connectivity index (χ0v) is 31.3. The van der Waals surface area contributed by atoms with Crippen molar-refractivity contribution in [1.82, 2.24) is 36.1 Å². The molecule has 0 aromatic carbocycles. The molecule has 14 nitrogen and oxygen atoms in total. The number of ether oxygens (including phenoxy) is 1. The average molecular weight is 732 g/mol. The fourth-order valence-corrected chi connectivity index (χ4v) is 8.30. The number of nitrogens with zero attached hydrogens (tertiary/aromatic N) is 3. The summed E-state index contributed by atoms with van der Waals surface area (Å²) in [6, 6.07) is -3.47. The summed E-state index contributed by atoms with van der Waals surface area (Å²) < 4.78 is 5.50. The lowest BCUT2D eigenvalue weighted by molar-refractivity contribution is -0.157. The molecule has 1 saturated heterocycles. The van der Waals surface area contributed by atoms with Gasteiger partial charge in [-0.3, -0.25) is 33.8 Å². The molecule has 5 amide bonds. The van der Waals surface area contributed by atoms with Crippen molar-refractivity contribution in [2.45, 2.75) is 148 Å². The summed E-state index contributed by atoms with van der Waals surface area (Å²) in [5.74, 6) is -2.88. The van der Waals surface area contributed by atoms with Gasteiger partial charge in [0.15, 0.2) is 6.10 Å². The lowest BCUT2D eigenvalue weighted by atomic mass is 9.82. The Morgan fingerprint density at radius 1 is 0.923 bits per heavy atom. The number of hydrogen-bond acceptors (Lipinski definition) is 9. The van der Waals surface area contributed by atoms with Crippen molar-refractivity contribution in [3.05, 3.63) is 24.3 Å². The minimum Gasteiger partial charge on any atom is -0.450 e. The van der Waals surface area contributed by atoms with Crippen LogP contribution in [0.2, 0.25) is 0 Å². The maximum Gasteiger partial charge on any atom is 0.303 e. The molecule has 294 valence electrons. The van der Waals surface area contributed by atoms with Gasteiger partial charge in [0.2, 0.25) is 17.7 Å². The van der Waals surface area contributed by atoms with Crippen LogP contribution < -0.4 is 21.3 Å². The number of carbonyl (C=O) groups excluding carboxylic acids is 6. The molecule has 7 atom stereocenters. The summed E-state index contributed by atoms with van der Waals surface area (Å²) in [6.07, 6.45) is 12.8. The van der Waals surface area contributed by atoms with E-state index in [-0.39, 0.29) is 41.1 Å². The predicted octanol–water partition coefficient (Wildman–Crippen LogP) is 3.79. The standard InChI is InChI=1S/C38H57N7O7.4H2/c1-6-11-27(31(52-22(2)46)36(50)41-25-16-17-25)42-35(49)30-26-15-10-14-24(26)21-45(30)37(51)32(38(3,4)5)44-34(48)29(23-12-8-7-9-13-23)43-33(47)28-20-39-18-19-40-28;;;;/h18-20,23-27,29-32H,6-17,21H2,1-5H3,(H,41,50)(H,42,49)(H,43,47)(H,44,48);4*1H/t24-,26-,27-,29-,30-,31?,32+;;;;/m0..../s1. The van der Waals surface area contributed by atoms with Crippen molar-refractivity contribution in [2.75, 3.05) is 6.54 Å². The van der Waals surface area contributed by atoms with Crippen LogP contribution in [0.5, 0.6) is 0 Å². The minimum atomic E-state index is -1.21. The first-order chi connectivity index (χ1) is 24.8. The molecule has 1 aromatic heterocycles. The molecule has 5 rings (SSSR count). The van der Waals surface area contributed by atoms with E-state index in [1.807, 2.05) is 27.7 Å². The Morgan fingerprint density at radius 2 is 1.65 bits per heavy atom. The summed E-state index contributed by atoms with van der Waals surface area (Å²) >= 11 is 0. The van der Waals surface area contributed by atoms with Crippen LogP contribution >= 0.6 is 0 Å². The van der Waals surface area contributed by atoms with E-state index in [1.54, 1.807) is 4.90 Å². The number of esters is 1. The number of hydrogen-bond donors (Lipinski definition) is 4. The Kier molecular flexibility index (Phi) is 12.9. The van der Waals surface area contributed by atoms with Gasteiger partial charge in [-0.25, -0.2) is 4.98 Å². The lowest BCUT2D eigenvalue weighted by Crippen LogP contribution is -2.62. The molecule has 2 heterocycles. The molecule has 52 heavy (non-hydrogen) atoms. The van der Waals surface area contributed by atoms with E-state index < -0.39 is 65.3 Å². The van der Waals surface area contributed by atoms with Gasteiger partial charge < -0.3 is 30.9 Å². The predicted molar refractivity (Wildman–Crippen MR) is 200 cm³/mol. The van der Waals surface area contributed by atoms with E-state index in [9.17, 15) is 28.8 Å². The van der Waals surface area contributed by atoms with Crippen molar-refractivity contribution in [3.63, 3.8) is 0 Å². The molecule has 0 spiro atoms. The van der Waals surface area contributed by atoms with Crippen molar-refractivity contribution in [2.24, 2.45) is 23.2 Å². The van der Waals surface area contributed by atoms with E-state index in [0.717, 1.165) is 64.2 Å². The average Bonchev–Trinajstić information content (AvgIpc) is 3.68. The van der Waals surface area contributed by atoms with Gasteiger partial charge in [-0.2, -0.15) is 0 Å². The fourth-order valence-electron chi connectivity index (χ4n) is 8.30. The molecule has 0 radical (unpaired) electrons. The van der Waals surface area contributed by atoms with E-state index in [2.05, 4.69) is 31.2 Å². The largest absolute Gasteiger partial charge is 0.450 e. The first-order valence-electron chi connectivity index (χ1n) is 19.2. The quantitative estimate of drug-likeness (QED) is 0.207. The summed E-state index contributed by atoms with van der Waals surface area (Å²) in [5.41, 5.74) is -0.650. The van der Waals surface area contributed by atoms with Crippen LogP contribution in [0, 0.1) is 23.2 Å². The third-order valence-electron chi connectivity index (χ3n) is 11.1. The fraction of sp³-hybridized carbons (Fsp3) is 0.737. The second-order valence-electron chi connectivity index (χ2n) is 16.3. The van der Waals surface area contributed by atoms with Crippen LogP contribution in [0.25, 0.3) is 0 Å². The highest BCUT2D eigenvalue weighted by Crippen LogP contribution is 2.43. The molecular weight excluding hydrogens is 666 g/mol. The van der Waals surface area contributed by atoms with Crippen LogP contribution in [0.4, 0.5) is 0 Å². The minimum absolute atomic E-state index is 0. The number of fused-ring (bicyclic) bond motifs is 1. The summed E-state index contributed by atoms with van der Waals surface area (Å²) in [4.78, 5) is 91.6. The van der Waals surface area contributed by atoms with Gasteiger partial charge >= 0.3 is 5.97 Å². The molecule has 4 N–H and O–H groups in total. The van der Waals surface area contributed by atoms with Gasteiger partial charge in [-0.05, 0) is 68.1 Å². The van der Waals surface area contributed by atoms with E-state index >= 15 is 0 Å². The third kappa shape index (κ3) is 9.65. The molecule has 4 fully saturated rings. The zero-order valence-electron chi connectivity index (χ0n) is 31.3. The van der Waals surface area contributed by atoms with Gasteiger partial charge in [0.25, 0.3) is 11.8 Å². The van der Waals surface area contributed by atoms with Gasteiger partial charge in [0.1, 0.15) is 23.8 Å². The highest BCUT2D eigenvalue weighted by Gasteiger charge is 2.52. The number of likely N-dealkylation sites (tertiary alicyclic amines) is 1. The van der Waals surface area contributed by atoms with Crippen LogP contribution in [0.1, 0.15) is 128 Å². The molecule has 3 aliphatic carbocycles. The normalized spacial score (nSPS) is 24.1. The van der Waals surface area contributed by atoms with E-state index in [0.29, 0.717) is 19.4 Å². The van der Waals surface area contributed by atoms with Crippen molar-refractivity contribution >= 4 is 35.5 Å². The highest BCUT2D eigenvalue weighted by atomic mass is 16.5. The molecule has 1 aliphatic heterocycles. The van der Waals surface area contributed by atoms with Crippen molar-refractivity contribution < 1.29 is 39.2 Å². The maximum atomic E-state index is 14.7. The molecule has 0 bridgehead atoms. The number of nitrogens with one attached hydrogen (secondary N) is 4. The maximum absolute atomic E-state index is 14.7. The Bertz CT molecular complexity index is 1480. The van der Waals surface area contributed by atoms with Crippen LogP contribution in [-0.4, -0.2) is 93.2 Å². The van der Waals surface area contributed by atoms with Gasteiger partial charge in [0.05, 0.1) is 12.2 Å². The topological polar surface area (TPSA) is 189 Å². The molecule has 4 aliphatic rings. The summed E-state index contributed by atoms with van der Waals surface area (Å²) in [5, 5.41) is 11.9. The number of carbonyl (C=O) groups is 6. The monoisotopic (exact) mass is 731 g/mol. The molecule has 14 heteroatoms. The van der Waals surface area contributed by atoms with E-state index in [4.69, 9.17) is 4.74 Å².